The molecule has 2 aromatic rings. The van der Waals surface area contributed by atoms with Crippen LogP contribution in [0.15, 0.2) is 16.5 Å². The van der Waals surface area contributed by atoms with E-state index in [0.717, 1.165) is 29.5 Å². The second-order valence-electron chi connectivity index (χ2n) is 7.32. The van der Waals surface area contributed by atoms with Gasteiger partial charge in [0.05, 0.1) is 16.3 Å². The molecule has 3 heterocycles. The topological polar surface area (TPSA) is 47.7 Å². The molecule has 0 spiro atoms. The second kappa shape index (κ2) is 5.92. The molecule has 2 fully saturated rings. The van der Waals surface area contributed by atoms with E-state index in [-0.39, 0.29) is 6.79 Å². The first-order valence-electron chi connectivity index (χ1n) is 8.97. The van der Waals surface area contributed by atoms with Crippen molar-refractivity contribution in [1.82, 2.24) is 9.88 Å². The van der Waals surface area contributed by atoms with E-state index < -0.39 is 0 Å². The molecule has 0 radical (unpaired) electrons. The minimum absolute atomic E-state index is 0.225. The summed E-state index contributed by atoms with van der Waals surface area (Å²) in [6, 6.07) is 4.33. The number of halogens is 1. The Hall–Kier alpha value is -1.72. The first-order valence-corrected chi connectivity index (χ1v) is 9.35. The summed E-state index contributed by atoms with van der Waals surface area (Å²) in [5.74, 6) is 3.64. The Kier molecular flexibility index (Phi) is 3.68. The van der Waals surface area contributed by atoms with E-state index in [9.17, 15) is 0 Å². The van der Waals surface area contributed by atoms with Crippen LogP contribution in [0.1, 0.15) is 37.1 Å². The number of hydrogen-bond acceptors (Lipinski definition) is 5. The number of oxazole rings is 1. The fourth-order valence-corrected chi connectivity index (χ4v) is 4.63. The fraction of sp³-hybridized carbons (Fsp3) is 0.526. The van der Waals surface area contributed by atoms with Crippen LogP contribution < -0.4 is 9.47 Å². The molecule has 2 atom stereocenters. The average molecular weight is 361 g/mol. The molecule has 2 aliphatic heterocycles. The molecule has 0 amide bonds. The van der Waals surface area contributed by atoms with Crippen LogP contribution in [-0.4, -0.2) is 29.3 Å². The maximum absolute atomic E-state index is 6.40. The largest absolute Gasteiger partial charge is 0.454 e. The number of likely N-dealkylation sites (tertiary alicyclic amines) is 1. The van der Waals surface area contributed by atoms with Crippen molar-refractivity contribution < 1.29 is 13.9 Å². The lowest BCUT2D eigenvalue weighted by molar-refractivity contribution is 0.174. The summed E-state index contributed by atoms with van der Waals surface area (Å²) < 4.78 is 16.8. The van der Waals surface area contributed by atoms with Gasteiger partial charge in [-0.2, -0.15) is 0 Å². The predicted molar refractivity (Wildman–Crippen MR) is 94.0 cm³/mol. The summed E-state index contributed by atoms with van der Waals surface area (Å²) in [7, 11) is 0. The Morgan fingerprint density at radius 2 is 2.08 bits per heavy atom. The molecule has 3 aliphatic rings. The zero-order valence-corrected chi connectivity index (χ0v) is 15.0. The lowest BCUT2D eigenvalue weighted by Crippen LogP contribution is -2.28. The molecule has 6 heteroatoms. The Morgan fingerprint density at radius 1 is 1.24 bits per heavy atom. The number of rotatable bonds is 3. The van der Waals surface area contributed by atoms with E-state index in [0.29, 0.717) is 28.5 Å². The van der Waals surface area contributed by atoms with Crippen molar-refractivity contribution in [2.45, 2.75) is 45.2 Å². The highest BCUT2D eigenvalue weighted by Crippen LogP contribution is 2.41. The number of hydrogen-bond donors (Lipinski definition) is 0. The summed E-state index contributed by atoms with van der Waals surface area (Å²) >= 11 is 6.40. The standard InChI is InChI=1S/C19H21ClN2O3/c1-11-16(9-22-8-12-3-2-4-13(22)5-12)21-19(25-11)14-6-17-18(7-15(14)20)24-10-23-17/h6-7,12-13H,2-5,8-10H2,1H3/t12-,13+/m0/s1. The quantitative estimate of drug-likeness (QED) is 0.811. The molecule has 25 heavy (non-hydrogen) atoms. The van der Waals surface area contributed by atoms with Crippen molar-refractivity contribution in [2.24, 2.45) is 5.92 Å². The van der Waals surface area contributed by atoms with Gasteiger partial charge in [-0.3, -0.25) is 4.90 Å². The van der Waals surface area contributed by atoms with Crippen molar-refractivity contribution in [3.05, 3.63) is 28.6 Å². The molecule has 1 saturated carbocycles. The highest BCUT2D eigenvalue weighted by Gasteiger charge is 2.35. The van der Waals surface area contributed by atoms with Crippen LogP contribution in [0.3, 0.4) is 0 Å². The van der Waals surface area contributed by atoms with E-state index in [1.165, 1.54) is 32.2 Å². The minimum Gasteiger partial charge on any atom is -0.454 e. The van der Waals surface area contributed by atoms with Crippen LogP contribution in [-0.2, 0) is 6.54 Å². The van der Waals surface area contributed by atoms with Crippen molar-refractivity contribution >= 4 is 11.6 Å². The van der Waals surface area contributed by atoms with Crippen molar-refractivity contribution in [2.75, 3.05) is 13.3 Å². The fourth-order valence-electron chi connectivity index (χ4n) is 4.40. The number of nitrogens with zero attached hydrogens (tertiary/aromatic N) is 2. The lowest BCUT2D eigenvalue weighted by Gasteiger charge is -2.23. The van der Waals surface area contributed by atoms with Crippen LogP contribution in [0.2, 0.25) is 5.02 Å². The van der Waals surface area contributed by atoms with E-state index in [1.807, 2.05) is 13.0 Å². The highest BCUT2D eigenvalue weighted by atomic mass is 35.5. The van der Waals surface area contributed by atoms with Gasteiger partial charge in [0.2, 0.25) is 12.7 Å². The van der Waals surface area contributed by atoms with Gasteiger partial charge in [0.25, 0.3) is 0 Å². The zero-order chi connectivity index (χ0) is 17.0. The molecule has 1 aromatic carbocycles. The highest BCUT2D eigenvalue weighted by molar-refractivity contribution is 6.33. The van der Waals surface area contributed by atoms with Crippen LogP contribution in [0.25, 0.3) is 11.5 Å². The smallest absolute Gasteiger partial charge is 0.231 e. The van der Waals surface area contributed by atoms with Gasteiger partial charge in [-0.25, -0.2) is 4.98 Å². The van der Waals surface area contributed by atoms with E-state index in [2.05, 4.69) is 4.90 Å². The van der Waals surface area contributed by atoms with Gasteiger partial charge < -0.3 is 13.9 Å². The first kappa shape index (κ1) is 15.5. The molecule has 5 rings (SSSR count). The van der Waals surface area contributed by atoms with Gasteiger partial charge in [-0.05, 0) is 38.2 Å². The Bertz CT molecular complexity index is 819. The number of ether oxygens (including phenoxy) is 2. The third kappa shape index (κ3) is 2.70. The molecule has 5 nitrogen and oxygen atoms in total. The van der Waals surface area contributed by atoms with Crippen LogP contribution >= 0.6 is 11.6 Å². The van der Waals surface area contributed by atoms with Crippen LogP contribution in [0.4, 0.5) is 0 Å². The Balaban J connectivity index is 1.42. The van der Waals surface area contributed by atoms with Crippen molar-refractivity contribution in [3.8, 4) is 23.0 Å². The molecular weight excluding hydrogens is 340 g/mol. The maximum atomic E-state index is 6.40. The third-order valence-electron chi connectivity index (χ3n) is 5.70. The number of fused-ring (bicyclic) bond motifs is 3. The van der Waals surface area contributed by atoms with Gasteiger partial charge in [0.15, 0.2) is 11.5 Å². The van der Waals surface area contributed by atoms with Gasteiger partial charge >= 0.3 is 0 Å². The van der Waals surface area contributed by atoms with Crippen molar-refractivity contribution in [3.63, 3.8) is 0 Å². The van der Waals surface area contributed by atoms with Crippen LogP contribution in [0, 0.1) is 12.8 Å². The molecule has 1 saturated heterocycles. The molecular formula is C19H21ClN2O3. The maximum Gasteiger partial charge on any atom is 0.231 e. The average Bonchev–Trinajstić information content (AvgIpc) is 3.26. The predicted octanol–water partition coefficient (Wildman–Crippen LogP) is 4.41. The van der Waals surface area contributed by atoms with Crippen LogP contribution in [0.5, 0.6) is 11.5 Å². The SMILES string of the molecule is Cc1oc(-c2cc3c(cc2Cl)OCO3)nc1CN1C[C@H]2CCC[C@@H]1C2. The second-order valence-corrected chi connectivity index (χ2v) is 7.73. The monoisotopic (exact) mass is 360 g/mol. The van der Waals surface area contributed by atoms with E-state index in [4.69, 9.17) is 30.5 Å². The van der Waals surface area contributed by atoms with Gasteiger partial charge in [-0.15, -0.1) is 0 Å². The summed E-state index contributed by atoms with van der Waals surface area (Å²) in [5, 5.41) is 0.564. The van der Waals surface area contributed by atoms with Crippen molar-refractivity contribution in [1.29, 1.82) is 0 Å². The third-order valence-corrected chi connectivity index (χ3v) is 6.02. The molecule has 2 bridgehead atoms. The Labute approximate surface area is 151 Å². The van der Waals surface area contributed by atoms with Gasteiger partial charge in [0, 0.05) is 25.2 Å². The van der Waals surface area contributed by atoms with E-state index in [1.54, 1.807) is 6.07 Å². The molecule has 132 valence electrons. The van der Waals surface area contributed by atoms with Gasteiger partial charge in [0.1, 0.15) is 5.76 Å². The number of aryl methyl sites for hydroxylation is 1. The van der Waals surface area contributed by atoms with Gasteiger partial charge in [-0.1, -0.05) is 18.0 Å². The lowest BCUT2D eigenvalue weighted by atomic mass is 9.90. The molecule has 1 aromatic heterocycles. The number of aromatic nitrogens is 1. The first-order chi connectivity index (χ1) is 12.2. The summed E-state index contributed by atoms with van der Waals surface area (Å²) in [4.78, 5) is 7.33. The Morgan fingerprint density at radius 3 is 2.92 bits per heavy atom. The molecule has 0 unspecified atom stereocenters. The molecule has 0 N–H and O–H groups in total. The molecule has 1 aliphatic carbocycles. The zero-order valence-electron chi connectivity index (χ0n) is 14.3. The minimum atomic E-state index is 0.225. The number of benzene rings is 1. The van der Waals surface area contributed by atoms with E-state index >= 15 is 0 Å². The summed E-state index contributed by atoms with van der Waals surface area (Å²) in [6.07, 6.45) is 5.40. The summed E-state index contributed by atoms with van der Waals surface area (Å²) in [5.41, 5.74) is 1.76. The normalized spacial score (nSPS) is 24.9. The summed E-state index contributed by atoms with van der Waals surface area (Å²) in [6.45, 7) is 4.26.